The largest absolute Gasteiger partial charge is 0.325 e. The average molecular weight is 257 g/mol. The van der Waals surface area contributed by atoms with E-state index in [0.717, 1.165) is 16.6 Å². The van der Waals surface area contributed by atoms with Gasteiger partial charge in [0.05, 0.1) is 0 Å². The Balaban J connectivity index is 1.95. The molecular weight excluding hydrogens is 248 g/mol. The third kappa shape index (κ3) is 2.24. The van der Waals surface area contributed by atoms with Gasteiger partial charge in [0.25, 0.3) is 0 Å². The molecule has 0 radical (unpaired) electrons. The van der Waals surface area contributed by atoms with Gasteiger partial charge in [0, 0.05) is 17.8 Å². The van der Waals surface area contributed by atoms with Crippen LogP contribution in [-0.2, 0) is 0 Å². The Morgan fingerprint density at radius 3 is 2.61 bits per heavy atom. The first-order chi connectivity index (χ1) is 8.81. The van der Waals surface area contributed by atoms with E-state index >= 15 is 0 Å². The molecule has 3 rings (SSSR count). The van der Waals surface area contributed by atoms with Crippen LogP contribution in [0.5, 0.6) is 0 Å². The lowest BCUT2D eigenvalue weighted by atomic mass is 10.2. The molecular formula is C13H9ClN4. The minimum Gasteiger partial charge on any atom is -0.325 e. The van der Waals surface area contributed by atoms with Crippen molar-refractivity contribution in [2.45, 2.75) is 0 Å². The maximum atomic E-state index is 5.72. The van der Waals surface area contributed by atoms with Crippen LogP contribution in [0.4, 0.5) is 11.6 Å². The van der Waals surface area contributed by atoms with Crippen LogP contribution in [0.1, 0.15) is 0 Å². The quantitative estimate of drug-likeness (QED) is 0.714. The Morgan fingerprint density at radius 1 is 0.944 bits per heavy atom. The number of nitrogens with zero attached hydrogens (tertiary/aromatic N) is 3. The van der Waals surface area contributed by atoms with Gasteiger partial charge < -0.3 is 5.32 Å². The molecule has 0 saturated heterocycles. The van der Waals surface area contributed by atoms with Gasteiger partial charge in [-0.1, -0.05) is 24.3 Å². The van der Waals surface area contributed by atoms with Crippen molar-refractivity contribution in [3.05, 3.63) is 54.1 Å². The summed E-state index contributed by atoms with van der Waals surface area (Å²) < 4.78 is 0. The van der Waals surface area contributed by atoms with E-state index in [1.807, 2.05) is 36.5 Å². The van der Waals surface area contributed by atoms with E-state index in [9.17, 15) is 0 Å². The van der Waals surface area contributed by atoms with Crippen LogP contribution in [-0.4, -0.2) is 15.0 Å². The van der Waals surface area contributed by atoms with E-state index in [-0.39, 0.29) is 5.28 Å². The zero-order valence-corrected chi connectivity index (χ0v) is 10.1. The lowest BCUT2D eigenvalue weighted by molar-refractivity contribution is 1.16. The molecule has 0 bridgehead atoms. The van der Waals surface area contributed by atoms with E-state index in [2.05, 4.69) is 20.3 Å². The highest BCUT2D eigenvalue weighted by molar-refractivity contribution is 6.28. The second kappa shape index (κ2) is 4.58. The van der Waals surface area contributed by atoms with Crippen LogP contribution >= 0.6 is 11.6 Å². The van der Waals surface area contributed by atoms with Crippen molar-refractivity contribution in [1.82, 2.24) is 15.0 Å². The summed E-state index contributed by atoms with van der Waals surface area (Å²) in [5.74, 6) is 1.35. The standard InChI is InChI=1S/C13H9ClN4/c14-13-15-6-5-11(18-13)17-12-7-9-3-1-2-4-10(9)8-16-12/h1-8H,(H,15,16,17,18). The Hall–Kier alpha value is -2.20. The van der Waals surface area contributed by atoms with Gasteiger partial charge in [0.15, 0.2) is 0 Å². The predicted octanol–water partition coefficient (Wildman–Crippen LogP) is 3.42. The van der Waals surface area contributed by atoms with Gasteiger partial charge in [-0.15, -0.1) is 0 Å². The monoisotopic (exact) mass is 256 g/mol. The Kier molecular flexibility index (Phi) is 2.78. The molecule has 5 heteroatoms. The molecule has 0 aliphatic rings. The van der Waals surface area contributed by atoms with Crippen molar-refractivity contribution < 1.29 is 0 Å². The van der Waals surface area contributed by atoms with E-state index in [1.54, 1.807) is 12.3 Å². The first kappa shape index (κ1) is 10.9. The molecule has 0 amide bonds. The van der Waals surface area contributed by atoms with Crippen molar-refractivity contribution in [3.63, 3.8) is 0 Å². The summed E-state index contributed by atoms with van der Waals surface area (Å²) in [6.07, 6.45) is 3.42. The Morgan fingerprint density at radius 2 is 1.78 bits per heavy atom. The maximum absolute atomic E-state index is 5.72. The number of hydrogen-bond donors (Lipinski definition) is 1. The Bertz CT molecular complexity index is 699. The predicted molar refractivity (Wildman–Crippen MR) is 72.1 cm³/mol. The molecule has 0 spiro atoms. The molecule has 0 aliphatic heterocycles. The zero-order valence-electron chi connectivity index (χ0n) is 9.34. The summed E-state index contributed by atoms with van der Waals surface area (Å²) >= 11 is 5.72. The first-order valence-corrected chi connectivity index (χ1v) is 5.79. The minimum absolute atomic E-state index is 0.209. The Labute approximate surface area is 109 Å². The third-order valence-corrected chi connectivity index (χ3v) is 2.70. The van der Waals surface area contributed by atoms with Gasteiger partial charge in [-0.05, 0) is 29.1 Å². The SMILES string of the molecule is Clc1nccc(Nc2cc3ccccc3cn2)n1. The van der Waals surface area contributed by atoms with Gasteiger partial charge in [0.1, 0.15) is 11.6 Å². The summed E-state index contributed by atoms with van der Waals surface area (Å²) in [6, 6.07) is 11.7. The molecule has 3 aromatic rings. The van der Waals surface area contributed by atoms with Crippen molar-refractivity contribution in [2.24, 2.45) is 0 Å². The number of rotatable bonds is 2. The smallest absolute Gasteiger partial charge is 0.224 e. The highest BCUT2D eigenvalue weighted by atomic mass is 35.5. The molecule has 0 aliphatic carbocycles. The number of hydrogen-bond acceptors (Lipinski definition) is 4. The van der Waals surface area contributed by atoms with E-state index in [4.69, 9.17) is 11.6 Å². The molecule has 1 aromatic carbocycles. The number of nitrogens with one attached hydrogen (secondary N) is 1. The van der Waals surface area contributed by atoms with Gasteiger partial charge >= 0.3 is 0 Å². The molecule has 1 N–H and O–H groups in total. The topological polar surface area (TPSA) is 50.7 Å². The van der Waals surface area contributed by atoms with Crippen LogP contribution < -0.4 is 5.32 Å². The van der Waals surface area contributed by atoms with Gasteiger partial charge in [0.2, 0.25) is 5.28 Å². The van der Waals surface area contributed by atoms with Gasteiger partial charge in [-0.25, -0.2) is 15.0 Å². The molecule has 0 atom stereocenters. The third-order valence-electron chi connectivity index (χ3n) is 2.51. The first-order valence-electron chi connectivity index (χ1n) is 5.42. The van der Waals surface area contributed by atoms with Gasteiger partial charge in [-0.2, -0.15) is 0 Å². The van der Waals surface area contributed by atoms with Crippen molar-refractivity contribution >= 4 is 34.0 Å². The molecule has 0 fully saturated rings. The van der Waals surface area contributed by atoms with Crippen LogP contribution in [0.2, 0.25) is 5.28 Å². The highest BCUT2D eigenvalue weighted by Gasteiger charge is 2.00. The fraction of sp³-hybridized carbons (Fsp3) is 0. The van der Waals surface area contributed by atoms with E-state index in [0.29, 0.717) is 5.82 Å². The zero-order chi connectivity index (χ0) is 12.4. The molecule has 2 aromatic heterocycles. The lowest BCUT2D eigenvalue weighted by Gasteiger charge is -2.05. The molecule has 2 heterocycles. The van der Waals surface area contributed by atoms with E-state index < -0.39 is 0 Å². The number of fused-ring (bicyclic) bond motifs is 1. The second-order valence-electron chi connectivity index (χ2n) is 3.75. The normalized spacial score (nSPS) is 10.5. The number of benzene rings is 1. The fourth-order valence-corrected chi connectivity index (χ4v) is 1.84. The van der Waals surface area contributed by atoms with Crippen LogP contribution in [0.25, 0.3) is 10.8 Å². The van der Waals surface area contributed by atoms with E-state index in [1.165, 1.54) is 0 Å². The second-order valence-corrected chi connectivity index (χ2v) is 4.09. The number of pyridine rings is 1. The van der Waals surface area contributed by atoms with Crippen LogP contribution in [0.3, 0.4) is 0 Å². The minimum atomic E-state index is 0.209. The molecule has 18 heavy (non-hydrogen) atoms. The summed E-state index contributed by atoms with van der Waals surface area (Å²) in [6.45, 7) is 0. The van der Waals surface area contributed by atoms with Gasteiger partial charge in [-0.3, -0.25) is 0 Å². The van der Waals surface area contributed by atoms with Crippen molar-refractivity contribution in [1.29, 1.82) is 0 Å². The summed E-state index contributed by atoms with van der Waals surface area (Å²) in [5.41, 5.74) is 0. The average Bonchev–Trinajstić information content (AvgIpc) is 2.39. The fourth-order valence-electron chi connectivity index (χ4n) is 1.69. The number of anilines is 2. The molecule has 4 nitrogen and oxygen atoms in total. The summed E-state index contributed by atoms with van der Waals surface area (Å²) in [7, 11) is 0. The number of halogens is 1. The van der Waals surface area contributed by atoms with Crippen molar-refractivity contribution in [2.75, 3.05) is 5.32 Å². The highest BCUT2D eigenvalue weighted by Crippen LogP contribution is 2.18. The summed E-state index contributed by atoms with van der Waals surface area (Å²) in [4.78, 5) is 12.2. The number of aromatic nitrogens is 3. The summed E-state index contributed by atoms with van der Waals surface area (Å²) in [5, 5.41) is 5.52. The molecule has 88 valence electrons. The lowest BCUT2D eigenvalue weighted by Crippen LogP contribution is -1.96. The molecule has 0 unspecified atom stereocenters. The van der Waals surface area contributed by atoms with Crippen LogP contribution in [0, 0.1) is 0 Å². The molecule has 0 saturated carbocycles. The maximum Gasteiger partial charge on any atom is 0.224 e. The van der Waals surface area contributed by atoms with Crippen molar-refractivity contribution in [3.8, 4) is 0 Å². The van der Waals surface area contributed by atoms with Crippen LogP contribution in [0.15, 0.2) is 48.8 Å².